The molecule has 0 aliphatic heterocycles. The maximum absolute atomic E-state index is 13.4. The average Bonchev–Trinajstić information content (AvgIpc) is 2.87. The lowest BCUT2D eigenvalue weighted by molar-refractivity contribution is -0.386. The molecule has 196 valence electrons. The van der Waals surface area contributed by atoms with Crippen LogP contribution < -0.4 is 15.0 Å². The second-order valence-electron chi connectivity index (χ2n) is 10.6. The summed E-state index contributed by atoms with van der Waals surface area (Å²) in [5.74, 6) is 1.11. The molecule has 3 aromatic rings. The maximum atomic E-state index is 13.4. The molecule has 1 saturated carbocycles. The lowest BCUT2D eigenvalue weighted by Gasteiger charge is -2.22. The number of aromatic nitrogens is 2. The minimum absolute atomic E-state index is 0.0892. The molecule has 4 rings (SSSR count). The summed E-state index contributed by atoms with van der Waals surface area (Å²) in [5, 5.41) is 16.9. The summed E-state index contributed by atoms with van der Waals surface area (Å²) in [6.07, 6.45) is 6.67. The first kappa shape index (κ1) is 26.3. The van der Waals surface area contributed by atoms with Crippen molar-refractivity contribution in [3.8, 4) is 11.5 Å². The molecule has 0 N–H and O–H groups in total. The predicted molar refractivity (Wildman–Crippen MR) is 144 cm³/mol. The maximum Gasteiger partial charge on any atom is 0.315 e. The zero-order chi connectivity index (χ0) is 26.6. The normalized spacial score (nSPS) is 14.8. The summed E-state index contributed by atoms with van der Waals surface area (Å²) < 4.78 is 12.9. The topological polar surface area (TPSA) is 109 Å². The summed E-state index contributed by atoms with van der Waals surface area (Å²) in [7, 11) is 0. The van der Waals surface area contributed by atoms with E-state index in [1.165, 1.54) is 23.4 Å². The number of fused-ring (bicyclic) bond motifs is 1. The molecule has 1 heterocycles. The van der Waals surface area contributed by atoms with Crippen molar-refractivity contribution in [1.29, 1.82) is 0 Å². The molecule has 1 aliphatic carbocycles. The highest BCUT2D eigenvalue weighted by atomic mass is 16.6. The zero-order valence-corrected chi connectivity index (χ0v) is 21.9. The van der Waals surface area contributed by atoms with Gasteiger partial charge in [-0.3, -0.25) is 14.9 Å². The van der Waals surface area contributed by atoms with Crippen LogP contribution in [0.3, 0.4) is 0 Å². The third-order valence-electron chi connectivity index (χ3n) is 6.28. The Morgan fingerprint density at radius 3 is 2.57 bits per heavy atom. The molecular formula is C28H34N4O5. The average molecular weight is 507 g/mol. The fourth-order valence-electron chi connectivity index (χ4n) is 4.52. The number of nitro groups is 1. The van der Waals surface area contributed by atoms with Gasteiger partial charge in [-0.1, -0.05) is 52.2 Å². The molecule has 0 amide bonds. The van der Waals surface area contributed by atoms with Crippen LogP contribution in [0.1, 0.15) is 77.1 Å². The van der Waals surface area contributed by atoms with Crippen molar-refractivity contribution in [2.24, 2.45) is 10.5 Å². The third kappa shape index (κ3) is 6.15. The number of nitro benzene ring substituents is 1. The van der Waals surface area contributed by atoms with E-state index in [4.69, 9.17) is 14.5 Å². The van der Waals surface area contributed by atoms with Crippen LogP contribution in [0.5, 0.6) is 11.5 Å². The van der Waals surface area contributed by atoms with Crippen molar-refractivity contribution >= 4 is 22.8 Å². The van der Waals surface area contributed by atoms with Gasteiger partial charge in [-0.25, -0.2) is 4.98 Å². The van der Waals surface area contributed by atoms with E-state index in [2.05, 4.69) is 5.10 Å². The highest BCUT2D eigenvalue weighted by Gasteiger charge is 2.25. The van der Waals surface area contributed by atoms with Gasteiger partial charge in [-0.15, -0.1) is 0 Å². The number of rotatable bonds is 8. The van der Waals surface area contributed by atoms with Crippen molar-refractivity contribution in [3.05, 3.63) is 68.3 Å². The highest BCUT2D eigenvalue weighted by Crippen LogP contribution is 2.39. The quantitative estimate of drug-likeness (QED) is 0.209. The first-order chi connectivity index (χ1) is 17.7. The van der Waals surface area contributed by atoms with Gasteiger partial charge in [-0.05, 0) is 43.4 Å². The molecule has 0 unspecified atom stereocenters. The van der Waals surface area contributed by atoms with Crippen LogP contribution in [0, 0.1) is 15.5 Å². The van der Waals surface area contributed by atoms with Gasteiger partial charge in [-0.2, -0.15) is 9.78 Å². The molecule has 9 heteroatoms. The number of hydrogen-bond donors (Lipinski definition) is 0. The molecule has 37 heavy (non-hydrogen) atoms. The second kappa shape index (κ2) is 11.1. The minimum atomic E-state index is -0.491. The van der Waals surface area contributed by atoms with E-state index in [1.807, 2.05) is 32.9 Å². The predicted octanol–water partition coefficient (Wildman–Crippen LogP) is 6.06. The van der Waals surface area contributed by atoms with Gasteiger partial charge in [0.1, 0.15) is 5.82 Å². The van der Waals surface area contributed by atoms with E-state index in [0.29, 0.717) is 28.9 Å². The van der Waals surface area contributed by atoms with Gasteiger partial charge in [0.25, 0.3) is 5.56 Å². The van der Waals surface area contributed by atoms with Crippen LogP contribution in [0.25, 0.3) is 10.9 Å². The molecule has 0 saturated heterocycles. The second-order valence-corrected chi connectivity index (χ2v) is 10.6. The van der Waals surface area contributed by atoms with Crippen LogP contribution in [0.4, 0.5) is 5.69 Å². The Morgan fingerprint density at radius 2 is 1.89 bits per heavy atom. The molecule has 1 aliphatic rings. The monoisotopic (exact) mass is 506 g/mol. The lowest BCUT2D eigenvalue weighted by atomic mass is 9.88. The molecule has 1 aromatic heterocycles. The number of hydrogen-bond acceptors (Lipinski definition) is 7. The Hall–Kier alpha value is -3.75. The van der Waals surface area contributed by atoms with Crippen molar-refractivity contribution in [2.45, 2.75) is 65.7 Å². The van der Waals surface area contributed by atoms with Crippen molar-refractivity contribution in [1.82, 2.24) is 9.66 Å². The van der Waals surface area contributed by atoms with E-state index < -0.39 is 4.92 Å². The Bertz CT molecular complexity index is 1370. The molecule has 0 bridgehead atoms. The molecule has 0 radical (unpaired) electrons. The van der Waals surface area contributed by atoms with E-state index in [-0.39, 0.29) is 40.7 Å². The molecule has 0 spiro atoms. The minimum Gasteiger partial charge on any atom is -0.490 e. The molecule has 2 aromatic carbocycles. The molecule has 9 nitrogen and oxygen atoms in total. The third-order valence-corrected chi connectivity index (χ3v) is 6.28. The Kier molecular flexibility index (Phi) is 7.90. The molecular weight excluding hydrogens is 472 g/mol. The van der Waals surface area contributed by atoms with Gasteiger partial charge >= 0.3 is 5.69 Å². The van der Waals surface area contributed by atoms with Crippen LogP contribution in [0.15, 0.2) is 46.3 Å². The van der Waals surface area contributed by atoms with Gasteiger partial charge in [0.15, 0.2) is 5.75 Å². The number of para-hydroxylation sites is 1. The molecule has 0 atom stereocenters. The summed E-state index contributed by atoms with van der Waals surface area (Å²) in [4.78, 5) is 29.7. The lowest BCUT2D eigenvalue weighted by Crippen LogP contribution is -2.25. The largest absolute Gasteiger partial charge is 0.490 e. The Morgan fingerprint density at radius 1 is 1.16 bits per heavy atom. The fourth-order valence-corrected chi connectivity index (χ4v) is 4.52. The first-order valence-electron chi connectivity index (χ1n) is 12.8. The van der Waals surface area contributed by atoms with Crippen LogP contribution >= 0.6 is 0 Å². The zero-order valence-electron chi connectivity index (χ0n) is 21.9. The van der Waals surface area contributed by atoms with E-state index in [1.54, 1.807) is 25.1 Å². The fraction of sp³-hybridized carbons (Fsp3) is 0.464. The van der Waals surface area contributed by atoms with Gasteiger partial charge in [0.2, 0.25) is 5.75 Å². The summed E-state index contributed by atoms with van der Waals surface area (Å²) in [6, 6.07) is 10.3. The van der Waals surface area contributed by atoms with Crippen LogP contribution in [0.2, 0.25) is 0 Å². The number of benzene rings is 2. The van der Waals surface area contributed by atoms with Gasteiger partial charge < -0.3 is 9.47 Å². The number of ether oxygens (including phenoxy) is 2. The summed E-state index contributed by atoms with van der Waals surface area (Å²) in [6.45, 7) is 8.35. The number of nitrogens with zero attached hydrogens (tertiary/aromatic N) is 4. The van der Waals surface area contributed by atoms with Crippen LogP contribution in [-0.2, 0) is 0 Å². The van der Waals surface area contributed by atoms with Crippen LogP contribution in [-0.4, -0.2) is 34.0 Å². The Labute approximate surface area is 216 Å². The van der Waals surface area contributed by atoms with E-state index in [0.717, 1.165) is 25.7 Å². The Balaban J connectivity index is 1.80. The first-order valence-corrected chi connectivity index (χ1v) is 12.8. The highest BCUT2D eigenvalue weighted by molar-refractivity contribution is 5.83. The van der Waals surface area contributed by atoms with E-state index in [9.17, 15) is 14.9 Å². The summed E-state index contributed by atoms with van der Waals surface area (Å²) in [5.41, 5.74) is 0.402. The van der Waals surface area contributed by atoms with Crippen molar-refractivity contribution in [2.75, 3.05) is 13.2 Å². The SMILES string of the molecule is CCOc1cc(C=Nn2c(C3CCCCC3)nc3ccccc3c2=O)cc([N+](=O)[O-])c1OCC(C)(C)C. The van der Waals surface area contributed by atoms with Gasteiger partial charge in [0, 0.05) is 17.5 Å². The smallest absolute Gasteiger partial charge is 0.315 e. The molecule has 1 fully saturated rings. The summed E-state index contributed by atoms with van der Waals surface area (Å²) >= 11 is 0. The van der Waals surface area contributed by atoms with E-state index >= 15 is 0 Å². The van der Waals surface area contributed by atoms with Crippen molar-refractivity contribution < 1.29 is 14.4 Å². The standard InChI is InChI=1S/C28H34N4O5/c1-5-36-24-16-19(15-23(32(34)35)25(24)37-18-28(2,3)4)17-29-31-26(20-11-7-6-8-12-20)30-22-14-10-9-13-21(22)27(31)33/h9-10,13-17,20H,5-8,11-12,18H2,1-4H3. The van der Waals surface area contributed by atoms with Gasteiger partial charge in [0.05, 0.1) is 35.3 Å². The van der Waals surface area contributed by atoms with Crippen molar-refractivity contribution in [3.63, 3.8) is 0 Å².